The third kappa shape index (κ3) is 11.5. The lowest BCUT2D eigenvalue weighted by atomic mass is 9.98. The van der Waals surface area contributed by atoms with Crippen LogP contribution in [0.3, 0.4) is 0 Å². The number of hydrogen-bond acceptors (Lipinski definition) is 8. The first-order valence-corrected chi connectivity index (χ1v) is 19.8. The molecule has 6 aromatic rings. The first-order valence-electron chi connectivity index (χ1n) is 19.8. The van der Waals surface area contributed by atoms with Gasteiger partial charge < -0.3 is 31.1 Å². The summed E-state index contributed by atoms with van der Waals surface area (Å²) in [4.78, 5) is 77.1. The van der Waals surface area contributed by atoms with Gasteiger partial charge in [-0.2, -0.15) is 0 Å². The fraction of sp³-hybridized carbons (Fsp3) is 0.188. The molecule has 0 radical (unpaired) electrons. The Morgan fingerprint density at radius 1 is 0.541 bits per heavy atom. The van der Waals surface area contributed by atoms with Crippen molar-refractivity contribution < 1.29 is 33.8 Å². The molecule has 61 heavy (non-hydrogen) atoms. The summed E-state index contributed by atoms with van der Waals surface area (Å²) in [5, 5.41) is 21.3. The van der Waals surface area contributed by atoms with E-state index in [0.29, 0.717) is 28.0 Å². The molecular weight excluding hydrogens is 773 g/mol. The van der Waals surface area contributed by atoms with Crippen molar-refractivity contribution in [1.82, 2.24) is 31.2 Å². The van der Waals surface area contributed by atoms with Gasteiger partial charge in [-0.1, -0.05) is 97.1 Å². The van der Waals surface area contributed by atoms with Crippen LogP contribution in [-0.4, -0.2) is 75.4 Å². The zero-order valence-corrected chi connectivity index (χ0v) is 33.1. The van der Waals surface area contributed by atoms with E-state index in [1.807, 2.05) is 91.0 Å². The van der Waals surface area contributed by atoms with Crippen molar-refractivity contribution >= 4 is 29.6 Å². The Morgan fingerprint density at radius 2 is 1.05 bits per heavy atom. The number of carboxylic acids is 1. The number of ether oxygens (including phenoxy) is 1. The first kappa shape index (κ1) is 41.5. The quantitative estimate of drug-likeness (QED) is 0.131. The Bertz CT molecular complexity index is 2430. The summed E-state index contributed by atoms with van der Waals surface area (Å²) in [6.07, 6.45) is 6.59. The SMILES string of the molecule is O=C1COc2ccc(cc2)CC(C(=O)O)NC(=O)C(Cc2ccc(-c3cccnc3)cc2)NC(=O)C(Cc2ccc(-c3ccccc3)cc2)NC(=O)C(Cc2ccncc2)N1. The smallest absolute Gasteiger partial charge is 0.326 e. The van der Waals surface area contributed by atoms with Crippen molar-refractivity contribution in [3.63, 3.8) is 0 Å². The van der Waals surface area contributed by atoms with Crippen LogP contribution >= 0.6 is 0 Å². The summed E-state index contributed by atoms with van der Waals surface area (Å²) in [6.45, 7) is -0.421. The topological polar surface area (TPSA) is 189 Å². The Hall–Kier alpha value is -7.67. The van der Waals surface area contributed by atoms with Gasteiger partial charge in [0.1, 0.15) is 29.9 Å². The first-order chi connectivity index (χ1) is 29.7. The number of amides is 4. The molecule has 4 atom stereocenters. The second-order valence-corrected chi connectivity index (χ2v) is 14.7. The van der Waals surface area contributed by atoms with Gasteiger partial charge in [0.25, 0.3) is 5.91 Å². The highest BCUT2D eigenvalue weighted by Gasteiger charge is 2.32. The van der Waals surface area contributed by atoms with Gasteiger partial charge in [0.2, 0.25) is 17.7 Å². The van der Waals surface area contributed by atoms with Gasteiger partial charge in [0.15, 0.2) is 6.61 Å². The number of pyridine rings is 2. The van der Waals surface area contributed by atoms with Crippen LogP contribution in [-0.2, 0) is 49.7 Å². The Balaban J connectivity index is 1.23. The van der Waals surface area contributed by atoms with Crippen molar-refractivity contribution in [2.75, 3.05) is 6.61 Å². The van der Waals surface area contributed by atoms with Crippen LogP contribution in [0.15, 0.2) is 152 Å². The molecule has 13 nitrogen and oxygen atoms in total. The van der Waals surface area contributed by atoms with Gasteiger partial charge in [-0.05, 0) is 74.8 Å². The predicted molar refractivity (Wildman–Crippen MR) is 228 cm³/mol. The Labute approximate surface area is 352 Å². The van der Waals surface area contributed by atoms with Gasteiger partial charge in [0.05, 0.1) is 0 Å². The van der Waals surface area contributed by atoms with Gasteiger partial charge >= 0.3 is 5.97 Å². The van der Waals surface area contributed by atoms with E-state index in [2.05, 4.69) is 31.2 Å². The Kier molecular flexibility index (Phi) is 13.5. The largest absolute Gasteiger partial charge is 0.484 e. The number of benzene rings is 4. The molecule has 4 unspecified atom stereocenters. The van der Waals surface area contributed by atoms with E-state index in [-0.39, 0.29) is 25.7 Å². The minimum absolute atomic E-state index is 0.00354. The van der Waals surface area contributed by atoms with Crippen LogP contribution in [0.5, 0.6) is 5.75 Å². The molecule has 2 aliphatic rings. The second kappa shape index (κ2) is 19.9. The summed E-state index contributed by atoms with van der Waals surface area (Å²) in [5.41, 5.74) is 6.43. The molecule has 0 spiro atoms. The molecule has 308 valence electrons. The van der Waals surface area contributed by atoms with E-state index < -0.39 is 60.4 Å². The maximum absolute atomic E-state index is 14.6. The molecule has 4 heterocycles. The summed E-state index contributed by atoms with van der Waals surface area (Å²) in [6, 6.07) is 33.4. The lowest BCUT2D eigenvalue weighted by Gasteiger charge is -2.26. The highest BCUT2D eigenvalue weighted by Crippen LogP contribution is 2.22. The number of nitrogens with zero attached hydrogens (tertiary/aromatic N) is 2. The molecule has 5 N–H and O–H groups in total. The minimum atomic E-state index is -1.35. The monoisotopic (exact) mass is 816 g/mol. The van der Waals surface area contributed by atoms with Gasteiger partial charge in [-0.25, -0.2) is 4.79 Å². The van der Waals surface area contributed by atoms with E-state index in [1.54, 1.807) is 61.2 Å². The van der Waals surface area contributed by atoms with Crippen molar-refractivity contribution in [2.24, 2.45) is 0 Å². The number of carbonyl (C=O) groups is 5. The molecule has 13 heteroatoms. The number of carbonyl (C=O) groups excluding carboxylic acids is 4. The highest BCUT2D eigenvalue weighted by molar-refractivity contribution is 5.95. The maximum atomic E-state index is 14.6. The highest BCUT2D eigenvalue weighted by atomic mass is 16.5. The number of nitrogens with one attached hydrogen (secondary N) is 4. The number of hydrogen-bond donors (Lipinski definition) is 5. The van der Waals surface area contributed by atoms with Gasteiger partial charge in [-0.3, -0.25) is 29.1 Å². The minimum Gasteiger partial charge on any atom is -0.484 e. The predicted octanol–water partition coefficient (Wildman–Crippen LogP) is 4.50. The van der Waals surface area contributed by atoms with E-state index in [4.69, 9.17) is 4.74 Å². The molecule has 0 aliphatic carbocycles. The molecule has 2 aromatic heterocycles. The summed E-state index contributed by atoms with van der Waals surface area (Å²) < 4.78 is 5.72. The fourth-order valence-corrected chi connectivity index (χ4v) is 7.04. The fourth-order valence-electron chi connectivity index (χ4n) is 7.04. The van der Waals surface area contributed by atoms with E-state index >= 15 is 0 Å². The van der Waals surface area contributed by atoms with E-state index in [1.165, 1.54) is 0 Å². The van der Waals surface area contributed by atoms with Gasteiger partial charge in [-0.15, -0.1) is 0 Å². The number of rotatable bonds is 9. The molecule has 2 bridgehead atoms. The summed E-state index contributed by atoms with van der Waals surface area (Å²) >= 11 is 0. The third-order valence-corrected chi connectivity index (χ3v) is 10.3. The van der Waals surface area contributed by atoms with Crippen LogP contribution in [0, 0.1) is 0 Å². The standard InChI is InChI=1S/C48H44N6O7/c55-44-30-61-39-18-12-33(13-19-39)28-43(48(59)60)54-47(58)42(26-32-10-16-37(17-11-32)38-7-4-22-50-29-38)53-46(57)41(52-45(56)40(51-44)27-34-20-23-49-24-21-34)25-31-8-14-36(15-9-31)35-5-2-1-3-6-35/h1-24,29,40-43H,25-28,30H2,(H,51,55)(H,52,56)(H,53,57)(H,54,58)(H,59,60). The number of carboxylic acid groups (broad SMARTS) is 1. The number of fused-ring (bicyclic) bond motifs is 16. The molecule has 0 saturated carbocycles. The van der Waals surface area contributed by atoms with Crippen LogP contribution < -0.4 is 26.0 Å². The van der Waals surface area contributed by atoms with Crippen LogP contribution in [0.1, 0.15) is 22.3 Å². The molecule has 0 saturated heterocycles. The molecule has 4 amide bonds. The third-order valence-electron chi connectivity index (χ3n) is 10.3. The van der Waals surface area contributed by atoms with E-state index in [9.17, 15) is 29.1 Å². The Morgan fingerprint density at radius 3 is 1.61 bits per heavy atom. The zero-order valence-electron chi connectivity index (χ0n) is 33.1. The number of aliphatic carboxylic acids is 1. The van der Waals surface area contributed by atoms with Crippen molar-refractivity contribution in [3.8, 4) is 28.0 Å². The van der Waals surface area contributed by atoms with Crippen molar-refractivity contribution in [3.05, 3.63) is 174 Å². The molecular formula is C48H44N6O7. The average molecular weight is 817 g/mol. The molecule has 0 fully saturated rings. The summed E-state index contributed by atoms with van der Waals surface area (Å²) in [5.74, 6) is -3.58. The molecule has 2 aliphatic heterocycles. The molecule has 4 aromatic carbocycles. The van der Waals surface area contributed by atoms with Crippen LogP contribution in [0.25, 0.3) is 22.3 Å². The van der Waals surface area contributed by atoms with Crippen LogP contribution in [0.4, 0.5) is 0 Å². The van der Waals surface area contributed by atoms with E-state index in [0.717, 1.165) is 22.3 Å². The molecule has 8 rings (SSSR count). The normalized spacial score (nSPS) is 18.8. The van der Waals surface area contributed by atoms with Crippen molar-refractivity contribution in [2.45, 2.75) is 49.9 Å². The van der Waals surface area contributed by atoms with Gasteiger partial charge in [0, 0.05) is 50.5 Å². The zero-order chi connectivity index (χ0) is 42.6. The number of aromatic nitrogens is 2. The second-order valence-electron chi connectivity index (χ2n) is 14.7. The maximum Gasteiger partial charge on any atom is 0.326 e. The average Bonchev–Trinajstić information content (AvgIpc) is 3.29. The van der Waals surface area contributed by atoms with Crippen molar-refractivity contribution in [1.29, 1.82) is 0 Å². The lowest BCUT2D eigenvalue weighted by molar-refractivity contribution is -0.142. The lowest BCUT2D eigenvalue weighted by Crippen LogP contribution is -2.59. The van der Waals surface area contributed by atoms with Crippen LogP contribution in [0.2, 0.25) is 0 Å². The summed E-state index contributed by atoms with van der Waals surface area (Å²) in [7, 11) is 0.